The van der Waals surface area contributed by atoms with Gasteiger partial charge in [-0.15, -0.1) is 0 Å². The molecular formula is C27H29F7N4O3. The van der Waals surface area contributed by atoms with E-state index in [0.717, 1.165) is 36.3 Å². The van der Waals surface area contributed by atoms with Crippen molar-refractivity contribution in [2.24, 2.45) is 0 Å². The predicted octanol–water partition coefficient (Wildman–Crippen LogP) is 4.62. The Kier molecular flexibility index (Phi) is 8.93. The lowest BCUT2D eigenvalue weighted by molar-refractivity contribution is -0.348. The second-order valence-corrected chi connectivity index (χ2v) is 10.3. The van der Waals surface area contributed by atoms with Gasteiger partial charge < -0.3 is 15.7 Å². The minimum atomic E-state index is -6.32. The van der Waals surface area contributed by atoms with Gasteiger partial charge in [0.05, 0.1) is 12.1 Å². The first kappa shape index (κ1) is 30.7. The number of β-amino-alcohol motifs (C(OH)–C–C–N with tert-alkyl or cyclic N) is 1. The molecule has 1 unspecified atom stereocenters. The van der Waals surface area contributed by atoms with Crippen molar-refractivity contribution in [1.82, 2.24) is 15.6 Å². The van der Waals surface area contributed by atoms with E-state index in [1.807, 2.05) is 0 Å². The molecule has 1 aliphatic carbocycles. The second kappa shape index (κ2) is 11.9. The summed E-state index contributed by atoms with van der Waals surface area (Å²) in [6, 6.07) is 2.43. The summed E-state index contributed by atoms with van der Waals surface area (Å²) in [4.78, 5) is 32.5. The largest absolute Gasteiger partial charge is 0.435 e. The number of aliphatic hydroxyl groups excluding tert-OH is 1. The number of nitrogens with one attached hydrogen (secondary N) is 2. The molecule has 0 radical (unpaired) electrons. The molecule has 2 aliphatic rings. The molecule has 2 fully saturated rings. The molecule has 1 saturated heterocycles. The topological polar surface area (TPSA) is 94.6 Å². The highest BCUT2D eigenvalue weighted by Crippen LogP contribution is 2.53. The Morgan fingerprint density at radius 1 is 0.976 bits per heavy atom. The molecule has 1 aromatic carbocycles. The second-order valence-electron chi connectivity index (χ2n) is 10.3. The number of carbonyl (C=O) groups is 2. The SMILES string of the molecule is O=C(NC1CCCCC1)C(c1cccnc1)N(C(=O)[C@H]1C[C@@H](O)CN1)c1ccc(C(F)(C(F)(F)F)C(F)(F)F)cc1. The number of aliphatic hydroxyl groups is 1. The summed E-state index contributed by atoms with van der Waals surface area (Å²) in [7, 11) is 0. The Bertz CT molecular complexity index is 1190. The first-order valence-corrected chi connectivity index (χ1v) is 13.1. The third-order valence-corrected chi connectivity index (χ3v) is 7.43. The normalized spacial score (nSPS) is 21.4. The van der Waals surface area contributed by atoms with Crippen LogP contribution in [0.5, 0.6) is 0 Å². The van der Waals surface area contributed by atoms with Crippen LogP contribution in [0.25, 0.3) is 0 Å². The number of rotatable bonds is 7. The van der Waals surface area contributed by atoms with Crippen molar-refractivity contribution in [3.8, 4) is 0 Å². The van der Waals surface area contributed by atoms with Gasteiger partial charge in [0.2, 0.25) is 11.8 Å². The molecule has 2 amide bonds. The van der Waals surface area contributed by atoms with Crippen molar-refractivity contribution in [2.45, 2.75) is 80.8 Å². The average molecular weight is 591 g/mol. The third kappa shape index (κ3) is 6.32. The van der Waals surface area contributed by atoms with Gasteiger partial charge in [-0.2, -0.15) is 26.3 Å². The van der Waals surface area contributed by atoms with Gasteiger partial charge in [0.15, 0.2) is 0 Å². The van der Waals surface area contributed by atoms with Gasteiger partial charge in [0, 0.05) is 41.8 Å². The van der Waals surface area contributed by atoms with Crippen molar-refractivity contribution in [3.05, 3.63) is 59.9 Å². The van der Waals surface area contributed by atoms with E-state index in [0.29, 0.717) is 25.0 Å². The van der Waals surface area contributed by atoms with E-state index in [9.17, 15) is 45.4 Å². The molecule has 2 aromatic rings. The lowest BCUT2D eigenvalue weighted by Crippen LogP contribution is -2.52. The van der Waals surface area contributed by atoms with Crippen LogP contribution in [-0.2, 0) is 15.3 Å². The van der Waals surface area contributed by atoms with Crippen molar-refractivity contribution in [1.29, 1.82) is 0 Å². The van der Waals surface area contributed by atoms with Crippen molar-refractivity contribution in [3.63, 3.8) is 0 Å². The van der Waals surface area contributed by atoms with E-state index in [1.165, 1.54) is 24.5 Å². The zero-order valence-corrected chi connectivity index (χ0v) is 21.7. The van der Waals surface area contributed by atoms with Gasteiger partial charge in [-0.1, -0.05) is 37.5 Å². The predicted molar refractivity (Wildman–Crippen MR) is 133 cm³/mol. The summed E-state index contributed by atoms with van der Waals surface area (Å²) >= 11 is 0. The number of nitrogens with zero attached hydrogens (tertiary/aromatic N) is 2. The van der Waals surface area contributed by atoms with Gasteiger partial charge in [-0.3, -0.25) is 19.5 Å². The molecule has 1 aromatic heterocycles. The highest BCUT2D eigenvalue weighted by molar-refractivity contribution is 6.04. The van der Waals surface area contributed by atoms with Crippen molar-refractivity contribution >= 4 is 17.5 Å². The maximum absolute atomic E-state index is 14.7. The summed E-state index contributed by atoms with van der Waals surface area (Å²) < 4.78 is 94.7. The van der Waals surface area contributed by atoms with Crippen LogP contribution in [0.15, 0.2) is 48.8 Å². The summed E-state index contributed by atoms with van der Waals surface area (Å²) in [5, 5.41) is 15.7. The van der Waals surface area contributed by atoms with Crippen LogP contribution in [0.1, 0.15) is 55.7 Å². The third-order valence-electron chi connectivity index (χ3n) is 7.43. The maximum atomic E-state index is 14.7. The molecule has 41 heavy (non-hydrogen) atoms. The number of amides is 2. The maximum Gasteiger partial charge on any atom is 0.435 e. The van der Waals surface area contributed by atoms with Crippen molar-refractivity contribution in [2.75, 3.05) is 11.4 Å². The van der Waals surface area contributed by atoms with Gasteiger partial charge in [-0.05, 0) is 37.5 Å². The Morgan fingerprint density at radius 3 is 2.12 bits per heavy atom. The minimum absolute atomic E-state index is 0.0485. The van der Waals surface area contributed by atoms with Crippen LogP contribution in [0.2, 0.25) is 0 Å². The zero-order chi connectivity index (χ0) is 30.0. The smallest absolute Gasteiger partial charge is 0.392 e. The Labute approximate surface area is 231 Å². The fourth-order valence-electron chi connectivity index (χ4n) is 5.30. The lowest BCUT2D eigenvalue weighted by Gasteiger charge is -2.35. The first-order valence-electron chi connectivity index (χ1n) is 13.1. The van der Waals surface area contributed by atoms with E-state index in [-0.39, 0.29) is 30.3 Å². The molecule has 0 spiro atoms. The molecule has 3 N–H and O–H groups in total. The van der Waals surface area contributed by atoms with Crippen LogP contribution < -0.4 is 15.5 Å². The molecule has 4 rings (SSSR count). The first-order chi connectivity index (χ1) is 19.2. The number of alkyl halides is 7. The van der Waals surface area contributed by atoms with E-state index in [2.05, 4.69) is 15.6 Å². The van der Waals surface area contributed by atoms with Crippen LogP contribution in [-0.4, -0.2) is 59.0 Å². The van der Waals surface area contributed by atoms with Gasteiger partial charge in [0.1, 0.15) is 6.04 Å². The fourth-order valence-corrected chi connectivity index (χ4v) is 5.30. The summed E-state index contributed by atoms with van der Waals surface area (Å²) in [5.74, 6) is -1.40. The Hall–Kier alpha value is -3.26. The molecule has 1 aliphatic heterocycles. The fraction of sp³-hybridized carbons (Fsp3) is 0.519. The minimum Gasteiger partial charge on any atom is -0.392 e. The number of hydrogen-bond donors (Lipinski definition) is 3. The Morgan fingerprint density at radius 2 is 1.61 bits per heavy atom. The molecule has 0 bridgehead atoms. The molecule has 3 atom stereocenters. The summed E-state index contributed by atoms with van der Waals surface area (Å²) in [6.07, 6.45) is -6.71. The lowest BCUT2D eigenvalue weighted by atomic mass is 9.93. The van der Waals surface area contributed by atoms with Crippen LogP contribution >= 0.6 is 0 Å². The average Bonchev–Trinajstić information content (AvgIpc) is 3.37. The van der Waals surface area contributed by atoms with Crippen molar-refractivity contribution < 1.29 is 45.4 Å². The number of aromatic nitrogens is 1. The van der Waals surface area contributed by atoms with Gasteiger partial charge >= 0.3 is 18.0 Å². The molecular weight excluding hydrogens is 561 g/mol. The number of halogens is 7. The number of carbonyl (C=O) groups excluding carboxylic acids is 2. The molecule has 1 saturated carbocycles. The van der Waals surface area contributed by atoms with E-state index in [4.69, 9.17) is 0 Å². The van der Waals surface area contributed by atoms with E-state index in [1.54, 1.807) is 0 Å². The molecule has 2 heterocycles. The van der Waals surface area contributed by atoms with Gasteiger partial charge in [-0.25, -0.2) is 4.39 Å². The number of pyridine rings is 1. The monoisotopic (exact) mass is 590 g/mol. The highest BCUT2D eigenvalue weighted by atomic mass is 19.4. The van der Waals surface area contributed by atoms with Gasteiger partial charge in [0.25, 0.3) is 0 Å². The Balaban J connectivity index is 1.80. The van der Waals surface area contributed by atoms with Crippen LogP contribution in [0.4, 0.5) is 36.4 Å². The number of benzene rings is 1. The molecule has 14 heteroatoms. The van der Waals surface area contributed by atoms with E-state index >= 15 is 0 Å². The number of anilines is 1. The van der Waals surface area contributed by atoms with Crippen LogP contribution in [0, 0.1) is 0 Å². The quantitative estimate of drug-likeness (QED) is 0.410. The summed E-state index contributed by atoms with van der Waals surface area (Å²) in [5.41, 5.74) is -7.41. The highest BCUT2D eigenvalue weighted by Gasteiger charge is 2.73. The standard InChI is InChI=1S/C27H29F7N4O3/c28-25(26(29,30)31,27(32,33)34)17-8-10-19(11-9-17)38(24(41)21-13-20(39)15-36-21)22(16-5-4-12-35-14-16)23(40)37-18-6-2-1-3-7-18/h4-5,8-12,14,18,20-22,36,39H,1-3,6-7,13,15H2,(H,37,40)/t20-,21-,22?/m1/s1. The van der Waals surface area contributed by atoms with Crippen LogP contribution in [0.3, 0.4) is 0 Å². The molecule has 224 valence electrons. The number of hydrogen-bond acceptors (Lipinski definition) is 5. The summed E-state index contributed by atoms with van der Waals surface area (Å²) in [6.45, 7) is 0.0521. The van der Waals surface area contributed by atoms with E-state index < -0.39 is 53.6 Å². The zero-order valence-electron chi connectivity index (χ0n) is 21.7. The molecule has 7 nitrogen and oxygen atoms in total.